The summed E-state index contributed by atoms with van der Waals surface area (Å²) < 4.78 is 5.61. The highest BCUT2D eigenvalue weighted by Crippen LogP contribution is 2.30. The summed E-state index contributed by atoms with van der Waals surface area (Å²) in [5.74, 6) is 0.638. The van der Waals surface area contributed by atoms with Crippen molar-refractivity contribution < 1.29 is 14.3 Å². The lowest BCUT2D eigenvalue weighted by Gasteiger charge is -2.20. The van der Waals surface area contributed by atoms with Crippen LogP contribution in [0.4, 0.5) is 15.3 Å². The number of carbonyl (C=O) groups excluding carboxylic acids is 2. The minimum Gasteiger partial charge on any atom is -0.437 e. The van der Waals surface area contributed by atoms with Gasteiger partial charge in [-0.2, -0.15) is 5.26 Å². The van der Waals surface area contributed by atoms with Crippen LogP contribution in [0.3, 0.4) is 0 Å². The first-order chi connectivity index (χ1) is 16.9. The average Bonchev–Trinajstić information content (AvgIpc) is 2.86. The monoisotopic (exact) mass is 513 g/mol. The van der Waals surface area contributed by atoms with Gasteiger partial charge in [0.25, 0.3) is 0 Å². The number of benzene rings is 2. The highest BCUT2D eigenvalue weighted by Gasteiger charge is 2.19. The van der Waals surface area contributed by atoms with E-state index in [0.29, 0.717) is 22.0 Å². The first kappa shape index (κ1) is 25.6. The molecule has 4 N–H and O–H groups in total. The molecule has 3 rings (SSSR count). The van der Waals surface area contributed by atoms with Gasteiger partial charge in [-0.25, -0.2) is 19.5 Å². The molecule has 12 heteroatoms. The normalized spacial score (nSPS) is 10.1. The molecule has 4 amide bonds. The lowest BCUT2D eigenvalue weighted by Crippen LogP contribution is -2.53. The number of anilines is 1. The van der Waals surface area contributed by atoms with Crippen LogP contribution in [-0.4, -0.2) is 28.5 Å². The van der Waals surface area contributed by atoms with Crippen LogP contribution in [0.15, 0.2) is 60.8 Å². The molecule has 0 fully saturated rings. The van der Waals surface area contributed by atoms with Gasteiger partial charge in [-0.05, 0) is 48.9 Å². The summed E-state index contributed by atoms with van der Waals surface area (Å²) in [5.41, 5.74) is 9.46. The SMILES string of the molecule is CCN(C(=O)NCc1ccc(Cl)cc1)C(=O)NNNc1ccc(Oc2ccc(C#N)cn2)c(Cl)c1. The van der Waals surface area contributed by atoms with Gasteiger partial charge in [0.05, 0.1) is 16.3 Å². The molecule has 0 radical (unpaired) electrons. The number of amides is 4. The Hall–Kier alpha value is -4.04. The zero-order valence-electron chi connectivity index (χ0n) is 18.5. The maximum Gasteiger partial charge on any atom is 0.341 e. The van der Waals surface area contributed by atoms with E-state index in [1.54, 1.807) is 61.5 Å². The van der Waals surface area contributed by atoms with Crippen molar-refractivity contribution in [2.75, 3.05) is 12.0 Å². The number of carbonyl (C=O) groups is 2. The predicted octanol–water partition coefficient (Wildman–Crippen LogP) is 4.83. The van der Waals surface area contributed by atoms with Crippen LogP contribution in [0.1, 0.15) is 18.1 Å². The minimum absolute atomic E-state index is 0.154. The van der Waals surface area contributed by atoms with Gasteiger partial charge in [0.1, 0.15) is 11.8 Å². The number of hydrazine groups is 2. The number of aromatic nitrogens is 1. The summed E-state index contributed by atoms with van der Waals surface area (Å²) in [4.78, 5) is 29.8. The molecule has 10 nitrogen and oxygen atoms in total. The van der Waals surface area contributed by atoms with Gasteiger partial charge >= 0.3 is 12.1 Å². The molecule has 0 bridgehead atoms. The Morgan fingerprint density at radius 1 is 1.09 bits per heavy atom. The van der Waals surface area contributed by atoms with Crippen LogP contribution in [0.25, 0.3) is 0 Å². The van der Waals surface area contributed by atoms with Crippen molar-refractivity contribution in [2.24, 2.45) is 0 Å². The van der Waals surface area contributed by atoms with Crippen molar-refractivity contribution in [2.45, 2.75) is 13.5 Å². The third-order valence-electron chi connectivity index (χ3n) is 4.55. The summed E-state index contributed by atoms with van der Waals surface area (Å²) in [6.07, 6.45) is 1.39. The van der Waals surface area contributed by atoms with E-state index in [1.807, 2.05) is 6.07 Å². The number of nitriles is 1. The lowest BCUT2D eigenvalue weighted by atomic mass is 10.2. The fourth-order valence-electron chi connectivity index (χ4n) is 2.76. The highest BCUT2D eigenvalue weighted by molar-refractivity contribution is 6.32. The van der Waals surface area contributed by atoms with Gasteiger partial charge in [0, 0.05) is 30.4 Å². The Morgan fingerprint density at radius 3 is 2.49 bits per heavy atom. The van der Waals surface area contributed by atoms with Gasteiger partial charge in [-0.15, -0.1) is 5.53 Å². The van der Waals surface area contributed by atoms with Gasteiger partial charge in [-0.1, -0.05) is 35.3 Å². The molecule has 1 heterocycles. The second-order valence-corrected chi connectivity index (χ2v) is 7.80. The molecule has 1 aromatic heterocycles. The number of hydrogen-bond donors (Lipinski definition) is 4. The quantitative estimate of drug-likeness (QED) is 0.317. The van der Waals surface area contributed by atoms with Crippen molar-refractivity contribution >= 4 is 41.0 Å². The molecule has 0 aliphatic heterocycles. The van der Waals surface area contributed by atoms with Crippen molar-refractivity contribution in [1.82, 2.24) is 26.2 Å². The molecule has 2 aromatic carbocycles. The zero-order valence-corrected chi connectivity index (χ0v) is 20.0. The number of hydrogen-bond acceptors (Lipinski definition) is 7. The number of urea groups is 2. The second kappa shape index (κ2) is 12.4. The largest absolute Gasteiger partial charge is 0.437 e. The molecule has 0 spiro atoms. The third-order valence-corrected chi connectivity index (χ3v) is 5.10. The molecule has 0 saturated carbocycles. The molecule has 0 aliphatic rings. The first-order valence-electron chi connectivity index (χ1n) is 10.3. The number of imide groups is 1. The van der Waals surface area contributed by atoms with E-state index in [-0.39, 0.29) is 24.0 Å². The van der Waals surface area contributed by atoms with Gasteiger partial charge in [0.15, 0.2) is 0 Å². The number of rotatable bonds is 8. The average molecular weight is 514 g/mol. The third kappa shape index (κ3) is 7.48. The molecular weight excluding hydrogens is 493 g/mol. The van der Waals surface area contributed by atoms with E-state index in [2.05, 4.69) is 26.7 Å². The second-order valence-electron chi connectivity index (χ2n) is 6.95. The standard InChI is InChI=1S/C23H21Cl2N7O3/c1-2-32(22(33)28-13-15-3-6-17(24)7-4-15)23(34)30-31-29-18-8-9-20(19(25)11-18)35-21-10-5-16(12-26)14-27-21/h3-11,14,29,31H,2,13H2,1H3,(H,28,33)(H,30,34). The summed E-state index contributed by atoms with van der Waals surface area (Å²) in [6, 6.07) is 15.7. The molecule has 0 aliphatic carbocycles. The number of nitrogens with zero attached hydrogens (tertiary/aromatic N) is 3. The maximum atomic E-state index is 12.4. The van der Waals surface area contributed by atoms with Crippen molar-refractivity contribution in [3.05, 3.63) is 82.0 Å². The van der Waals surface area contributed by atoms with Crippen LogP contribution >= 0.6 is 23.2 Å². The van der Waals surface area contributed by atoms with Crippen LogP contribution < -0.4 is 26.4 Å². The van der Waals surface area contributed by atoms with Crippen molar-refractivity contribution in [3.8, 4) is 17.7 Å². The smallest absolute Gasteiger partial charge is 0.341 e. The summed E-state index contributed by atoms with van der Waals surface area (Å²) in [5, 5.41) is 12.4. The number of pyridine rings is 1. The fraction of sp³-hybridized carbons (Fsp3) is 0.130. The van der Waals surface area contributed by atoms with Crippen molar-refractivity contribution in [3.63, 3.8) is 0 Å². The van der Waals surface area contributed by atoms with E-state index in [0.717, 1.165) is 10.5 Å². The minimum atomic E-state index is -0.661. The lowest BCUT2D eigenvalue weighted by molar-refractivity contribution is 0.185. The first-order valence-corrected chi connectivity index (χ1v) is 11.1. The van der Waals surface area contributed by atoms with E-state index >= 15 is 0 Å². The fourth-order valence-corrected chi connectivity index (χ4v) is 3.11. The topological polar surface area (TPSA) is 131 Å². The number of nitrogens with one attached hydrogen (secondary N) is 4. The van der Waals surface area contributed by atoms with Gasteiger partial charge in [0.2, 0.25) is 5.88 Å². The molecule has 0 atom stereocenters. The van der Waals surface area contributed by atoms with Crippen molar-refractivity contribution in [1.29, 1.82) is 5.26 Å². The highest BCUT2D eigenvalue weighted by atomic mass is 35.5. The van der Waals surface area contributed by atoms with E-state index in [4.69, 9.17) is 33.2 Å². The molecule has 35 heavy (non-hydrogen) atoms. The van der Waals surface area contributed by atoms with Crippen LogP contribution in [0.2, 0.25) is 10.0 Å². The van der Waals surface area contributed by atoms with E-state index < -0.39 is 12.1 Å². The Kier molecular flexibility index (Phi) is 9.09. The van der Waals surface area contributed by atoms with Crippen LogP contribution in [0, 0.1) is 11.3 Å². The summed E-state index contributed by atoms with van der Waals surface area (Å²) in [6.45, 7) is 2.08. The zero-order chi connectivity index (χ0) is 25.2. The Labute approximate surface area is 211 Å². The molecule has 3 aromatic rings. The molecule has 180 valence electrons. The Balaban J connectivity index is 1.48. The van der Waals surface area contributed by atoms with Gasteiger partial charge in [-0.3, -0.25) is 5.43 Å². The number of ether oxygens (including phenoxy) is 1. The predicted molar refractivity (Wildman–Crippen MR) is 132 cm³/mol. The van der Waals surface area contributed by atoms with Crippen LogP contribution in [-0.2, 0) is 6.54 Å². The van der Waals surface area contributed by atoms with E-state index in [1.165, 1.54) is 6.20 Å². The van der Waals surface area contributed by atoms with Gasteiger partial charge < -0.3 is 15.5 Å². The molecule has 0 saturated heterocycles. The maximum absolute atomic E-state index is 12.4. The van der Waals surface area contributed by atoms with E-state index in [9.17, 15) is 9.59 Å². The number of halogens is 2. The molecule has 0 unspecified atom stereocenters. The Morgan fingerprint density at radius 2 is 1.86 bits per heavy atom. The summed E-state index contributed by atoms with van der Waals surface area (Å²) in [7, 11) is 0. The Bertz CT molecular complexity index is 1220. The van der Waals surface area contributed by atoms with Crippen LogP contribution in [0.5, 0.6) is 11.6 Å². The summed E-state index contributed by atoms with van der Waals surface area (Å²) >= 11 is 12.1. The molecular formula is C23H21Cl2N7O3.